The van der Waals surface area contributed by atoms with Crippen LogP contribution in [0.3, 0.4) is 0 Å². The van der Waals surface area contributed by atoms with E-state index in [0.717, 1.165) is 101 Å². The Morgan fingerprint density at radius 2 is 1.75 bits per heavy atom. The fraction of sp³-hybridized carbons (Fsp3) is 0.458. The Hall–Kier alpha value is -6.84. The summed E-state index contributed by atoms with van der Waals surface area (Å²) in [5, 5.41) is 25.9. The number of benzene rings is 4. The molecule has 11 rings (SSSR count). The van der Waals surface area contributed by atoms with Crippen molar-refractivity contribution in [1.82, 2.24) is 24.5 Å². The summed E-state index contributed by atoms with van der Waals surface area (Å²) in [5.74, 6) is -0.00778. The first-order chi connectivity index (χ1) is 37.9. The van der Waals surface area contributed by atoms with E-state index in [2.05, 4.69) is 95.9 Å². The number of nitro benzene ring substituents is 1. The zero-order valence-electron chi connectivity index (χ0n) is 45.3. The van der Waals surface area contributed by atoms with Gasteiger partial charge in [-0.15, -0.1) is 0 Å². The van der Waals surface area contributed by atoms with Crippen LogP contribution in [0.15, 0.2) is 102 Å². The molecule has 4 N–H and O–H groups in total. The van der Waals surface area contributed by atoms with Gasteiger partial charge in [-0.2, -0.15) is 0 Å². The minimum atomic E-state index is -4.65. The standard InChI is InChI=1S/C59H70FN9O9S/c1-38(2)45-7-5-6-8-46(45)53-35-65(34-40-9-14-51(55(25-40)76-4)66-21-23-77-24-22-66)19-20-68(53)42-29-59(30-42)36-67(37-59)41-10-12-47(54(26-41)78-43-27-48-49(60)33-63-56(48)62-32-43)57(70)64-79(74,75)44-11-13-50(52(28-44)69(72)73)61-31-39-15-17-58(3,71)18-16-39/h5-14,25-28,32-33,38-39,42,53,61,71H,15-24,29-31,34-37H2,1-4H3,(H,62,63)(H,64,70)/t39-,53-,58-/m0/s1. The molecule has 2 aromatic heterocycles. The number of ether oxygens (including phenoxy) is 3. The lowest BCUT2D eigenvalue weighted by Gasteiger charge is -2.63. The Labute approximate surface area is 460 Å². The van der Waals surface area contributed by atoms with Gasteiger partial charge in [-0.3, -0.25) is 24.7 Å². The van der Waals surface area contributed by atoms with Crippen LogP contribution in [0.4, 0.5) is 27.1 Å². The Kier molecular flexibility index (Phi) is 15.1. The number of piperazine rings is 1. The van der Waals surface area contributed by atoms with Gasteiger partial charge in [0.25, 0.3) is 21.6 Å². The third-order valence-corrected chi connectivity index (χ3v) is 18.4. The van der Waals surface area contributed by atoms with Crippen LogP contribution in [0, 0.1) is 27.3 Å². The molecule has 79 heavy (non-hydrogen) atoms. The number of nitrogens with one attached hydrogen (secondary N) is 3. The number of fused-ring (bicyclic) bond motifs is 1. The molecule has 0 radical (unpaired) electrons. The Bertz CT molecular complexity index is 3340. The van der Waals surface area contributed by atoms with Crippen LogP contribution in [0.25, 0.3) is 11.0 Å². The second-order valence-corrected chi connectivity index (χ2v) is 24.7. The van der Waals surface area contributed by atoms with E-state index in [1.807, 2.05) is 0 Å². The zero-order chi connectivity index (χ0) is 55.2. The molecule has 18 nitrogen and oxygen atoms in total. The minimum absolute atomic E-state index is 0.0144. The second-order valence-electron chi connectivity index (χ2n) is 23.0. The average molecular weight is 1100 g/mol. The van der Waals surface area contributed by atoms with Crippen molar-refractivity contribution in [2.45, 2.75) is 94.3 Å². The lowest BCUT2D eigenvalue weighted by atomic mass is 9.59. The minimum Gasteiger partial charge on any atom is -0.495 e. The van der Waals surface area contributed by atoms with Crippen LogP contribution in [0.1, 0.15) is 98.3 Å². The number of nitro groups is 1. The molecule has 5 aliphatic rings. The van der Waals surface area contributed by atoms with Crippen molar-refractivity contribution in [2.75, 3.05) is 87.8 Å². The van der Waals surface area contributed by atoms with Gasteiger partial charge < -0.3 is 39.4 Å². The van der Waals surface area contributed by atoms with E-state index in [9.17, 15) is 32.8 Å². The Morgan fingerprint density at radius 3 is 2.49 bits per heavy atom. The Morgan fingerprint density at radius 1 is 0.975 bits per heavy atom. The van der Waals surface area contributed by atoms with Gasteiger partial charge in [-0.25, -0.2) is 22.5 Å². The highest BCUT2D eigenvalue weighted by Crippen LogP contribution is 2.54. The largest absolute Gasteiger partial charge is 0.495 e. The molecule has 2 aliphatic carbocycles. The molecular formula is C59H70FN9O9S. The van der Waals surface area contributed by atoms with Gasteiger partial charge in [0.15, 0.2) is 0 Å². The number of pyridine rings is 1. The average Bonchev–Trinajstić information content (AvgIpc) is 3.88. The van der Waals surface area contributed by atoms with E-state index in [1.165, 1.54) is 53.3 Å². The summed E-state index contributed by atoms with van der Waals surface area (Å²) >= 11 is 0. The summed E-state index contributed by atoms with van der Waals surface area (Å²) < 4.78 is 62.4. The first-order valence-electron chi connectivity index (χ1n) is 27.5. The van der Waals surface area contributed by atoms with Crippen LogP contribution < -0.4 is 29.3 Å². The maximum absolute atomic E-state index is 14.8. The number of amides is 1. The summed E-state index contributed by atoms with van der Waals surface area (Å²) in [4.78, 5) is 42.2. The van der Waals surface area contributed by atoms with E-state index in [1.54, 1.807) is 26.2 Å². The third-order valence-electron chi connectivity index (χ3n) is 17.1. The van der Waals surface area contributed by atoms with Crippen LogP contribution in [0.2, 0.25) is 0 Å². The van der Waals surface area contributed by atoms with Crippen molar-refractivity contribution in [2.24, 2.45) is 11.3 Å². The van der Waals surface area contributed by atoms with Crippen molar-refractivity contribution in [3.63, 3.8) is 0 Å². The highest BCUT2D eigenvalue weighted by Gasteiger charge is 2.55. The van der Waals surface area contributed by atoms with Crippen molar-refractivity contribution in [1.29, 1.82) is 0 Å². The van der Waals surface area contributed by atoms with Gasteiger partial charge in [-0.1, -0.05) is 44.2 Å². The molecule has 4 aromatic carbocycles. The topological polar surface area (TPSA) is 208 Å². The number of aromatic nitrogens is 2. The summed E-state index contributed by atoms with van der Waals surface area (Å²) in [6.45, 7) is 15.0. The number of hydrogen-bond acceptors (Lipinski definition) is 15. The number of aliphatic hydroxyl groups is 1. The summed E-state index contributed by atoms with van der Waals surface area (Å²) in [7, 11) is -2.91. The molecule has 2 saturated carbocycles. The molecule has 20 heteroatoms. The molecule has 418 valence electrons. The number of sulfonamides is 1. The van der Waals surface area contributed by atoms with Gasteiger partial charge >= 0.3 is 0 Å². The second kappa shape index (κ2) is 22.0. The molecule has 3 aliphatic heterocycles. The summed E-state index contributed by atoms with van der Waals surface area (Å²) in [6.07, 6.45) is 7.34. The normalized spacial score (nSPS) is 21.9. The van der Waals surface area contributed by atoms with Crippen LogP contribution >= 0.6 is 0 Å². The van der Waals surface area contributed by atoms with Gasteiger partial charge in [0, 0.05) is 100 Å². The van der Waals surface area contributed by atoms with Crippen LogP contribution in [0.5, 0.6) is 17.2 Å². The molecule has 1 spiro atoms. The van der Waals surface area contributed by atoms with Crippen molar-refractivity contribution < 1.29 is 41.8 Å². The molecule has 1 atom stereocenters. The molecular weight excluding hydrogens is 1030 g/mol. The number of H-pyrrole nitrogens is 1. The van der Waals surface area contributed by atoms with E-state index >= 15 is 0 Å². The number of halogens is 1. The van der Waals surface area contributed by atoms with Gasteiger partial charge in [-0.05, 0) is 116 Å². The Balaban J connectivity index is 0.787. The van der Waals surface area contributed by atoms with Gasteiger partial charge in [0.2, 0.25) is 0 Å². The predicted molar refractivity (Wildman–Crippen MR) is 300 cm³/mol. The van der Waals surface area contributed by atoms with E-state index in [4.69, 9.17) is 14.2 Å². The molecule has 0 unspecified atom stereocenters. The monoisotopic (exact) mass is 1100 g/mol. The van der Waals surface area contributed by atoms with Gasteiger partial charge in [0.1, 0.15) is 34.4 Å². The van der Waals surface area contributed by atoms with Crippen molar-refractivity contribution >= 4 is 49.7 Å². The van der Waals surface area contributed by atoms with Crippen molar-refractivity contribution in [3.05, 3.63) is 136 Å². The molecule has 1 amide bonds. The number of morpholine rings is 1. The highest BCUT2D eigenvalue weighted by molar-refractivity contribution is 7.90. The zero-order valence-corrected chi connectivity index (χ0v) is 46.1. The fourth-order valence-corrected chi connectivity index (χ4v) is 13.6. The number of nitrogens with zero attached hydrogens (tertiary/aromatic N) is 6. The first-order valence-corrected chi connectivity index (χ1v) is 29.0. The SMILES string of the molecule is COc1cc(CN2CCN(C3CC4(C3)CN(c3ccc(C(=O)NS(=O)(=O)c5ccc(NC[C@H]6CC[C@](C)(O)CC6)c([N+](=O)[O-])c5)c(Oc5cnc6[nH]cc(F)c6c5)c3)C4)[C@H](c3ccccc3C(C)C)C2)ccc1N1CCOCC1. The van der Waals surface area contributed by atoms with Crippen molar-refractivity contribution in [3.8, 4) is 17.2 Å². The van der Waals surface area contributed by atoms with E-state index < -0.39 is 42.9 Å². The molecule has 6 aromatic rings. The van der Waals surface area contributed by atoms with E-state index in [0.29, 0.717) is 50.2 Å². The maximum atomic E-state index is 14.8. The van der Waals surface area contributed by atoms with Crippen LogP contribution in [-0.4, -0.2) is 128 Å². The fourth-order valence-electron chi connectivity index (χ4n) is 12.7. The lowest BCUT2D eigenvalue weighted by molar-refractivity contribution is -0.384. The molecule has 5 heterocycles. The predicted octanol–water partition coefficient (Wildman–Crippen LogP) is 9.37. The first kappa shape index (κ1) is 54.1. The van der Waals surface area contributed by atoms with Gasteiger partial charge in [0.05, 0.1) is 58.6 Å². The summed E-state index contributed by atoms with van der Waals surface area (Å²) in [5.41, 5.74) is 5.04. The van der Waals surface area contributed by atoms with E-state index in [-0.39, 0.29) is 45.5 Å². The number of anilines is 3. The number of hydrogen-bond donors (Lipinski definition) is 4. The molecule has 0 bridgehead atoms. The number of rotatable bonds is 17. The highest BCUT2D eigenvalue weighted by atomic mass is 32.2. The molecule has 5 fully saturated rings. The maximum Gasteiger partial charge on any atom is 0.293 e. The lowest BCUT2D eigenvalue weighted by Crippen LogP contribution is -2.68. The number of carbonyl (C=O) groups is 1. The number of aromatic amines is 1. The number of methoxy groups -OCH3 is 1. The molecule has 3 saturated heterocycles. The number of carbonyl (C=O) groups excluding carboxylic acids is 1. The third kappa shape index (κ3) is 11.5. The van der Waals surface area contributed by atoms with Crippen LogP contribution in [-0.2, 0) is 21.3 Å². The smallest absolute Gasteiger partial charge is 0.293 e. The quantitative estimate of drug-likeness (QED) is 0.0496. The summed E-state index contributed by atoms with van der Waals surface area (Å²) in [6, 6.07) is 26.0.